The van der Waals surface area contributed by atoms with E-state index < -0.39 is 16.1 Å². The van der Waals surface area contributed by atoms with Crippen molar-refractivity contribution in [1.82, 2.24) is 9.97 Å². The highest BCUT2D eigenvalue weighted by atomic mass is 32.2. The molecule has 0 unspecified atom stereocenters. The fraction of sp³-hybridized carbons (Fsp3) is 0.167. The molecule has 2 heterocycles. The van der Waals surface area contributed by atoms with Crippen LogP contribution in [0.15, 0.2) is 52.8 Å². The van der Waals surface area contributed by atoms with Crippen molar-refractivity contribution < 1.29 is 18.7 Å². The average Bonchev–Trinajstić information content (AvgIpc) is 3.11. The zero-order valence-corrected chi connectivity index (χ0v) is 16.1. The Morgan fingerprint density at radius 1 is 1.30 bits per heavy atom. The molecule has 1 amide bonds. The Labute approximate surface area is 167 Å². The van der Waals surface area contributed by atoms with Gasteiger partial charge in [0.1, 0.15) is 0 Å². The topological polar surface area (TPSA) is 106 Å². The highest BCUT2D eigenvalue weighted by molar-refractivity contribution is 7.91. The van der Waals surface area contributed by atoms with Gasteiger partial charge in [-0.1, -0.05) is 41.6 Å². The average molecular weight is 407 g/mol. The Kier molecular flexibility index (Phi) is 4.04. The molecule has 9 heteroatoms. The van der Waals surface area contributed by atoms with Gasteiger partial charge in [0.15, 0.2) is 9.34 Å². The SMILES string of the molecule is [2H]c1nc(-c2ccc(CC(=O)N(C)c3nc(C)c(S(N)(=O)=O)s3)cc2)c([2H])c([2H])c1[2H]. The number of primary sulfonamides is 1. The molecule has 0 fully saturated rings. The van der Waals surface area contributed by atoms with Gasteiger partial charge in [-0.3, -0.25) is 14.7 Å². The first-order valence-electron chi connectivity index (χ1n) is 9.70. The van der Waals surface area contributed by atoms with Gasteiger partial charge in [-0.2, -0.15) is 0 Å². The van der Waals surface area contributed by atoms with Crippen LogP contribution in [0.3, 0.4) is 0 Å². The smallest absolute Gasteiger partial charge is 0.249 e. The van der Waals surface area contributed by atoms with Gasteiger partial charge in [-0.15, -0.1) is 0 Å². The number of thiazole rings is 1. The lowest BCUT2D eigenvalue weighted by molar-refractivity contribution is -0.117. The summed E-state index contributed by atoms with van der Waals surface area (Å²) in [6, 6.07) is 5.56. The second-order valence-corrected chi connectivity index (χ2v) is 8.42. The van der Waals surface area contributed by atoms with Gasteiger partial charge in [0.05, 0.1) is 23.3 Å². The van der Waals surface area contributed by atoms with Gasteiger partial charge in [0.2, 0.25) is 15.9 Å². The van der Waals surface area contributed by atoms with Crippen LogP contribution in [0.5, 0.6) is 0 Å². The van der Waals surface area contributed by atoms with Crippen LogP contribution in [0.1, 0.15) is 16.7 Å². The summed E-state index contributed by atoms with van der Waals surface area (Å²) in [5, 5.41) is 5.37. The Hall–Kier alpha value is -2.62. The van der Waals surface area contributed by atoms with Crippen LogP contribution in [0.2, 0.25) is 0 Å². The third kappa shape index (κ3) is 4.38. The molecule has 0 spiro atoms. The lowest BCUT2D eigenvalue weighted by Gasteiger charge is -2.13. The first-order chi connectivity index (χ1) is 14.4. The van der Waals surface area contributed by atoms with Crippen LogP contribution in [0.4, 0.5) is 5.13 Å². The molecule has 1 aromatic carbocycles. The van der Waals surface area contributed by atoms with Gasteiger partial charge >= 0.3 is 0 Å². The molecule has 3 aromatic rings. The number of anilines is 1. The van der Waals surface area contributed by atoms with Crippen LogP contribution in [0.25, 0.3) is 11.3 Å². The first kappa shape index (κ1) is 14.4. The van der Waals surface area contributed by atoms with Gasteiger partial charge < -0.3 is 0 Å². The fourth-order valence-corrected chi connectivity index (χ4v) is 4.25. The van der Waals surface area contributed by atoms with Crippen LogP contribution in [-0.2, 0) is 21.2 Å². The summed E-state index contributed by atoms with van der Waals surface area (Å²) in [6.45, 7) is 1.50. The van der Waals surface area contributed by atoms with E-state index in [1.165, 1.54) is 18.9 Å². The molecule has 0 saturated carbocycles. The Morgan fingerprint density at radius 3 is 2.63 bits per heavy atom. The van der Waals surface area contributed by atoms with Gasteiger partial charge in [0, 0.05) is 18.8 Å². The number of sulfonamides is 1. The van der Waals surface area contributed by atoms with Crippen molar-refractivity contribution in [3.63, 3.8) is 0 Å². The van der Waals surface area contributed by atoms with Gasteiger partial charge in [-0.05, 0) is 24.6 Å². The highest BCUT2D eigenvalue weighted by Gasteiger charge is 2.22. The fourth-order valence-electron chi connectivity index (χ4n) is 2.32. The Balaban J connectivity index is 1.80. The van der Waals surface area contributed by atoms with Crippen molar-refractivity contribution in [3.8, 4) is 11.3 Å². The molecule has 0 aliphatic rings. The lowest BCUT2D eigenvalue weighted by atomic mass is 10.1. The zero-order chi connectivity index (χ0) is 23.1. The van der Waals surface area contributed by atoms with Crippen molar-refractivity contribution in [2.45, 2.75) is 17.6 Å². The van der Waals surface area contributed by atoms with Gasteiger partial charge in [-0.25, -0.2) is 18.5 Å². The molecule has 7 nitrogen and oxygen atoms in total. The standard InChI is InChI=1S/C18H18N4O3S2/c1-12-17(27(19,24)25)26-18(21-12)22(2)16(23)11-13-6-8-14(9-7-13)15-5-3-4-10-20-15/h3-10H,11H2,1-2H3,(H2,19,24,25)/i3D,4D,5D,10D. The molecule has 2 N–H and O–H groups in total. The van der Waals surface area contributed by atoms with E-state index in [-0.39, 0.29) is 51.3 Å². The van der Waals surface area contributed by atoms with E-state index in [1.807, 2.05) is 0 Å². The summed E-state index contributed by atoms with van der Waals surface area (Å²) in [6.07, 6.45) is -0.366. The number of aryl methyl sites for hydroxylation is 1. The number of nitrogens with zero attached hydrogens (tertiary/aromatic N) is 3. The van der Waals surface area contributed by atoms with Crippen LogP contribution in [0, 0.1) is 6.92 Å². The van der Waals surface area contributed by atoms with Crippen LogP contribution < -0.4 is 10.0 Å². The number of rotatable bonds is 5. The van der Waals surface area contributed by atoms with Crippen molar-refractivity contribution in [2.24, 2.45) is 5.14 Å². The summed E-state index contributed by atoms with van der Waals surface area (Å²) in [7, 11) is -2.42. The van der Waals surface area contributed by atoms with Crippen molar-refractivity contribution in [2.75, 3.05) is 11.9 Å². The molecule has 2 aromatic heterocycles. The maximum absolute atomic E-state index is 12.6. The number of hydrogen-bond acceptors (Lipinski definition) is 6. The molecule has 0 saturated heterocycles. The van der Waals surface area contributed by atoms with Crippen LogP contribution >= 0.6 is 11.3 Å². The van der Waals surface area contributed by atoms with E-state index in [9.17, 15) is 13.2 Å². The zero-order valence-electron chi connectivity index (χ0n) is 18.5. The number of aromatic nitrogens is 2. The molecule has 27 heavy (non-hydrogen) atoms. The lowest BCUT2D eigenvalue weighted by Crippen LogP contribution is -2.27. The number of carbonyl (C=O) groups is 1. The van der Waals surface area contributed by atoms with E-state index in [1.54, 1.807) is 24.3 Å². The van der Waals surface area contributed by atoms with E-state index in [4.69, 9.17) is 10.6 Å². The quantitative estimate of drug-likeness (QED) is 0.700. The van der Waals surface area contributed by atoms with Crippen molar-refractivity contribution >= 4 is 32.4 Å². The maximum Gasteiger partial charge on any atom is 0.249 e. The number of pyridine rings is 1. The molecule has 0 atom stereocenters. The summed E-state index contributed by atoms with van der Waals surface area (Å²) in [5.74, 6) is -0.317. The monoisotopic (exact) mass is 406 g/mol. The minimum absolute atomic E-state index is 0.0142. The number of benzene rings is 1. The largest absolute Gasteiger partial charge is 0.291 e. The Bertz CT molecular complexity index is 1280. The number of amides is 1. The molecular formula is C18H18N4O3S2. The van der Waals surface area contributed by atoms with Crippen molar-refractivity contribution in [3.05, 3.63) is 59.8 Å². The molecular weight excluding hydrogens is 384 g/mol. The third-order valence-corrected chi connectivity index (χ3v) is 6.50. The first-order valence-corrected chi connectivity index (χ1v) is 10.1. The predicted molar refractivity (Wildman–Crippen MR) is 105 cm³/mol. The molecule has 0 radical (unpaired) electrons. The van der Waals surface area contributed by atoms with Crippen molar-refractivity contribution in [1.29, 1.82) is 0 Å². The van der Waals surface area contributed by atoms with E-state index in [2.05, 4.69) is 9.97 Å². The molecule has 140 valence electrons. The minimum atomic E-state index is -3.92. The highest BCUT2D eigenvalue weighted by Crippen LogP contribution is 2.28. The van der Waals surface area contributed by atoms with Crippen LogP contribution in [-0.4, -0.2) is 31.3 Å². The predicted octanol–water partition coefficient (Wildman–Crippen LogP) is 2.37. The molecule has 0 aliphatic heterocycles. The third-order valence-electron chi connectivity index (χ3n) is 3.71. The molecule has 3 rings (SSSR count). The van der Waals surface area contributed by atoms with E-state index >= 15 is 0 Å². The Morgan fingerprint density at radius 2 is 2.00 bits per heavy atom. The van der Waals surface area contributed by atoms with E-state index in [0.29, 0.717) is 11.1 Å². The minimum Gasteiger partial charge on any atom is -0.291 e. The second-order valence-electron chi connectivity index (χ2n) is 5.69. The summed E-state index contributed by atoms with van der Waals surface area (Å²) >= 11 is 0.820. The van der Waals surface area contributed by atoms with E-state index in [0.717, 1.165) is 11.3 Å². The second kappa shape index (κ2) is 7.55. The number of carbonyl (C=O) groups excluding carboxylic acids is 1. The number of hydrogen-bond donors (Lipinski definition) is 1. The number of nitrogens with two attached hydrogens (primary N) is 1. The summed E-state index contributed by atoms with van der Waals surface area (Å²) in [4.78, 5) is 21.9. The summed E-state index contributed by atoms with van der Waals surface area (Å²) in [5.41, 5.74) is 1.49. The molecule has 0 bridgehead atoms. The molecule has 0 aliphatic carbocycles. The van der Waals surface area contributed by atoms with Gasteiger partial charge in [0.25, 0.3) is 0 Å². The number of likely N-dealkylation sites (N-methyl/N-ethyl adjacent to an activating group) is 1. The normalized spacial score (nSPS) is 13.4. The maximum atomic E-state index is 12.6. The summed E-state index contributed by atoms with van der Waals surface area (Å²) < 4.78 is 54.0.